The van der Waals surface area contributed by atoms with E-state index in [2.05, 4.69) is 0 Å². The smallest absolute Gasteiger partial charge is 0.248 e. The summed E-state index contributed by atoms with van der Waals surface area (Å²) in [6.07, 6.45) is 6.13. The van der Waals surface area contributed by atoms with Crippen LogP contribution in [0.4, 0.5) is 5.69 Å². The van der Waals surface area contributed by atoms with Gasteiger partial charge in [-0.25, -0.2) is 0 Å². The molecule has 17 heavy (non-hydrogen) atoms. The fourth-order valence-corrected chi connectivity index (χ4v) is 2.17. The molecule has 0 spiro atoms. The van der Waals surface area contributed by atoms with Gasteiger partial charge in [0.25, 0.3) is 0 Å². The second-order valence-electron chi connectivity index (χ2n) is 4.49. The molecule has 1 saturated carbocycles. The van der Waals surface area contributed by atoms with Crippen molar-refractivity contribution in [1.82, 2.24) is 0 Å². The Morgan fingerprint density at radius 3 is 2.53 bits per heavy atom. The normalized spacial score (nSPS) is 16.7. The van der Waals surface area contributed by atoms with Crippen molar-refractivity contribution in [2.45, 2.75) is 38.2 Å². The molecular weight excluding hydrogens is 216 g/mol. The SMILES string of the molecule is NC(=O)c1ccc(OC2CCCCC2)c(N)c1. The van der Waals surface area contributed by atoms with E-state index in [1.165, 1.54) is 19.3 Å². The van der Waals surface area contributed by atoms with Crippen LogP contribution in [0.3, 0.4) is 0 Å². The Kier molecular flexibility index (Phi) is 3.52. The first-order valence-corrected chi connectivity index (χ1v) is 6.03. The number of nitrogens with two attached hydrogens (primary N) is 2. The summed E-state index contributed by atoms with van der Waals surface area (Å²) in [6, 6.07) is 4.95. The number of amides is 1. The summed E-state index contributed by atoms with van der Waals surface area (Å²) >= 11 is 0. The topological polar surface area (TPSA) is 78.3 Å². The maximum Gasteiger partial charge on any atom is 0.248 e. The van der Waals surface area contributed by atoms with Crippen molar-refractivity contribution in [1.29, 1.82) is 0 Å². The first-order chi connectivity index (χ1) is 8.16. The van der Waals surface area contributed by atoms with E-state index in [1.54, 1.807) is 18.2 Å². The lowest BCUT2D eigenvalue weighted by Gasteiger charge is -2.23. The van der Waals surface area contributed by atoms with Crippen LogP contribution in [0.15, 0.2) is 18.2 Å². The molecule has 1 aliphatic rings. The second-order valence-corrected chi connectivity index (χ2v) is 4.49. The Bertz CT molecular complexity index is 412. The lowest BCUT2D eigenvalue weighted by molar-refractivity contribution is 0.1000. The van der Waals surface area contributed by atoms with Crippen LogP contribution in [-0.2, 0) is 0 Å². The van der Waals surface area contributed by atoms with Gasteiger partial charge in [-0.3, -0.25) is 4.79 Å². The van der Waals surface area contributed by atoms with Crippen LogP contribution in [0.1, 0.15) is 42.5 Å². The third kappa shape index (κ3) is 2.90. The fraction of sp³-hybridized carbons (Fsp3) is 0.462. The Labute approximate surface area is 101 Å². The molecule has 4 heteroatoms. The fourth-order valence-electron chi connectivity index (χ4n) is 2.17. The minimum absolute atomic E-state index is 0.255. The number of hydrogen-bond acceptors (Lipinski definition) is 3. The molecule has 1 aromatic carbocycles. The van der Waals surface area contributed by atoms with Gasteiger partial charge < -0.3 is 16.2 Å². The van der Waals surface area contributed by atoms with Gasteiger partial charge in [0.05, 0.1) is 11.8 Å². The summed E-state index contributed by atoms with van der Waals surface area (Å²) in [4.78, 5) is 11.0. The zero-order valence-corrected chi connectivity index (χ0v) is 9.82. The number of hydrogen-bond donors (Lipinski definition) is 2. The number of anilines is 1. The highest BCUT2D eigenvalue weighted by molar-refractivity contribution is 5.94. The summed E-state index contributed by atoms with van der Waals surface area (Å²) in [6.45, 7) is 0. The molecular formula is C13H18N2O2. The summed E-state index contributed by atoms with van der Waals surface area (Å²) < 4.78 is 5.84. The summed E-state index contributed by atoms with van der Waals surface area (Å²) in [5.74, 6) is 0.183. The maximum absolute atomic E-state index is 11.0. The largest absolute Gasteiger partial charge is 0.488 e. The summed E-state index contributed by atoms with van der Waals surface area (Å²) in [5.41, 5.74) is 11.9. The van der Waals surface area contributed by atoms with Gasteiger partial charge in [-0.2, -0.15) is 0 Å². The first-order valence-electron chi connectivity index (χ1n) is 6.03. The third-order valence-corrected chi connectivity index (χ3v) is 3.14. The van der Waals surface area contributed by atoms with Crippen molar-refractivity contribution in [3.05, 3.63) is 23.8 Å². The van der Waals surface area contributed by atoms with Gasteiger partial charge >= 0.3 is 0 Å². The van der Waals surface area contributed by atoms with Crippen molar-refractivity contribution in [2.75, 3.05) is 5.73 Å². The van der Waals surface area contributed by atoms with Crippen LogP contribution in [0.5, 0.6) is 5.75 Å². The molecule has 0 bridgehead atoms. The number of ether oxygens (including phenoxy) is 1. The van der Waals surface area contributed by atoms with Crippen molar-refractivity contribution >= 4 is 11.6 Å². The molecule has 0 unspecified atom stereocenters. The molecule has 0 radical (unpaired) electrons. The molecule has 4 nitrogen and oxygen atoms in total. The van der Waals surface area contributed by atoms with Crippen LogP contribution in [-0.4, -0.2) is 12.0 Å². The van der Waals surface area contributed by atoms with Gasteiger partial charge in [-0.15, -0.1) is 0 Å². The highest BCUT2D eigenvalue weighted by Crippen LogP contribution is 2.28. The molecule has 92 valence electrons. The second kappa shape index (κ2) is 5.08. The summed E-state index contributed by atoms with van der Waals surface area (Å²) in [7, 11) is 0. The van der Waals surface area contributed by atoms with Crippen molar-refractivity contribution in [3.63, 3.8) is 0 Å². The van der Waals surface area contributed by atoms with E-state index >= 15 is 0 Å². The first kappa shape index (κ1) is 11.8. The van der Waals surface area contributed by atoms with Gasteiger partial charge in [0, 0.05) is 5.56 Å². The minimum Gasteiger partial charge on any atom is -0.488 e. The number of benzene rings is 1. The van der Waals surface area contributed by atoms with E-state index in [0.29, 0.717) is 17.0 Å². The molecule has 0 heterocycles. The van der Waals surface area contributed by atoms with Crippen LogP contribution in [0.2, 0.25) is 0 Å². The molecule has 1 aromatic rings. The molecule has 1 aliphatic carbocycles. The molecule has 0 saturated heterocycles. The van der Waals surface area contributed by atoms with Gasteiger partial charge in [0.15, 0.2) is 0 Å². The van der Waals surface area contributed by atoms with E-state index in [4.69, 9.17) is 16.2 Å². The number of rotatable bonds is 3. The number of nitrogen functional groups attached to an aromatic ring is 1. The van der Waals surface area contributed by atoms with Crippen LogP contribution in [0.25, 0.3) is 0 Å². The minimum atomic E-state index is -0.471. The highest BCUT2D eigenvalue weighted by Gasteiger charge is 2.16. The van der Waals surface area contributed by atoms with E-state index in [9.17, 15) is 4.79 Å². The van der Waals surface area contributed by atoms with Crippen molar-refractivity contribution in [2.24, 2.45) is 5.73 Å². The Morgan fingerprint density at radius 2 is 1.94 bits per heavy atom. The number of primary amides is 1. The number of carbonyl (C=O) groups excluding carboxylic acids is 1. The average molecular weight is 234 g/mol. The summed E-state index contributed by atoms with van der Waals surface area (Å²) in [5, 5.41) is 0. The number of carbonyl (C=O) groups is 1. The lowest BCUT2D eigenvalue weighted by Crippen LogP contribution is -2.20. The predicted molar refractivity (Wildman–Crippen MR) is 66.9 cm³/mol. The van der Waals surface area contributed by atoms with Crippen LogP contribution < -0.4 is 16.2 Å². The monoisotopic (exact) mass is 234 g/mol. The van der Waals surface area contributed by atoms with E-state index in [-0.39, 0.29) is 6.10 Å². The van der Waals surface area contributed by atoms with E-state index in [0.717, 1.165) is 12.8 Å². The van der Waals surface area contributed by atoms with Gasteiger partial charge in [-0.05, 0) is 43.9 Å². The zero-order valence-electron chi connectivity index (χ0n) is 9.82. The maximum atomic E-state index is 11.0. The Balaban J connectivity index is 2.08. The molecule has 1 fully saturated rings. The van der Waals surface area contributed by atoms with Gasteiger partial charge in [-0.1, -0.05) is 6.42 Å². The Hall–Kier alpha value is -1.71. The highest BCUT2D eigenvalue weighted by atomic mass is 16.5. The molecule has 0 aromatic heterocycles. The van der Waals surface area contributed by atoms with Gasteiger partial charge in [0.2, 0.25) is 5.91 Å². The lowest BCUT2D eigenvalue weighted by atomic mass is 9.98. The quantitative estimate of drug-likeness (QED) is 0.786. The molecule has 2 rings (SSSR count). The molecule has 1 amide bonds. The van der Waals surface area contributed by atoms with Crippen molar-refractivity contribution in [3.8, 4) is 5.75 Å². The van der Waals surface area contributed by atoms with Crippen LogP contribution >= 0.6 is 0 Å². The van der Waals surface area contributed by atoms with Crippen LogP contribution in [0, 0.1) is 0 Å². The molecule has 4 N–H and O–H groups in total. The molecule has 0 aliphatic heterocycles. The molecule has 0 atom stereocenters. The standard InChI is InChI=1S/C13H18N2O2/c14-11-8-9(13(15)16)6-7-12(11)17-10-4-2-1-3-5-10/h6-8,10H,1-5,14H2,(H2,15,16). The van der Waals surface area contributed by atoms with Crippen molar-refractivity contribution < 1.29 is 9.53 Å². The predicted octanol–water partition coefficient (Wildman–Crippen LogP) is 2.08. The average Bonchev–Trinajstić information content (AvgIpc) is 2.33. The van der Waals surface area contributed by atoms with E-state index in [1.807, 2.05) is 0 Å². The van der Waals surface area contributed by atoms with Gasteiger partial charge in [0.1, 0.15) is 5.75 Å². The zero-order chi connectivity index (χ0) is 12.3. The van der Waals surface area contributed by atoms with E-state index < -0.39 is 5.91 Å². The Morgan fingerprint density at radius 1 is 1.24 bits per heavy atom. The third-order valence-electron chi connectivity index (χ3n) is 3.14.